The van der Waals surface area contributed by atoms with Gasteiger partial charge in [0.2, 0.25) is 10.0 Å². The zero-order chi connectivity index (χ0) is 18.2. The van der Waals surface area contributed by atoms with Gasteiger partial charge in [0.05, 0.1) is 19.0 Å². The van der Waals surface area contributed by atoms with Gasteiger partial charge in [0.15, 0.2) is 0 Å². The fourth-order valence-electron chi connectivity index (χ4n) is 3.23. The third-order valence-corrected chi connectivity index (χ3v) is 9.05. The molecule has 5 heteroatoms. The van der Waals surface area contributed by atoms with E-state index >= 15 is 0 Å². The molecule has 0 amide bonds. The first kappa shape index (κ1) is 18.1. The van der Waals surface area contributed by atoms with Gasteiger partial charge < -0.3 is 0 Å². The molecule has 2 aromatic carbocycles. The second-order valence-corrected chi connectivity index (χ2v) is 14.9. The quantitative estimate of drug-likeness (QED) is 0.579. The van der Waals surface area contributed by atoms with Gasteiger partial charge in [-0.3, -0.25) is 0 Å². The molecule has 0 aliphatic carbocycles. The molecule has 1 saturated heterocycles. The Bertz CT molecular complexity index is 868. The van der Waals surface area contributed by atoms with Crippen LogP contribution in [0.25, 0.3) is 6.08 Å². The maximum Gasteiger partial charge on any atom is 0.243 e. The summed E-state index contributed by atoms with van der Waals surface area (Å²) in [6.45, 7) is 8.65. The molecule has 3 atom stereocenters. The zero-order valence-electron chi connectivity index (χ0n) is 15.2. The molecule has 2 aromatic rings. The first-order valence-corrected chi connectivity index (χ1v) is 13.6. The topological polar surface area (TPSA) is 37.1 Å². The van der Waals surface area contributed by atoms with Crippen molar-refractivity contribution in [3.05, 3.63) is 71.8 Å². The number of hydrogen-bond acceptors (Lipinski definition) is 2. The molecule has 25 heavy (non-hydrogen) atoms. The molecule has 1 aliphatic heterocycles. The minimum absolute atomic E-state index is 0.0434. The number of rotatable bonds is 5. The van der Waals surface area contributed by atoms with Crippen LogP contribution in [0.5, 0.6) is 0 Å². The van der Waals surface area contributed by atoms with Gasteiger partial charge in [-0.25, -0.2) is 8.42 Å². The molecular formula is C20H25NO2SSi. The minimum atomic E-state index is -3.45. The smallest absolute Gasteiger partial charge is 0.207 e. The van der Waals surface area contributed by atoms with Crippen molar-refractivity contribution in [2.45, 2.75) is 43.2 Å². The lowest BCUT2D eigenvalue weighted by atomic mass is 10.2. The summed E-state index contributed by atoms with van der Waals surface area (Å²) in [4.78, 5) is 0.386. The molecule has 0 saturated carbocycles. The van der Waals surface area contributed by atoms with Gasteiger partial charge in [-0.2, -0.15) is 4.31 Å². The normalized spacial score (nSPS) is 23.8. The molecule has 1 unspecified atom stereocenters. The average Bonchev–Trinajstić information content (AvgIpc) is 3.30. The number of nitrogens with zero attached hydrogens (tertiary/aromatic N) is 1. The zero-order valence-corrected chi connectivity index (χ0v) is 17.0. The Labute approximate surface area is 152 Å². The van der Waals surface area contributed by atoms with Crippen molar-refractivity contribution in [1.29, 1.82) is 0 Å². The van der Waals surface area contributed by atoms with E-state index in [1.165, 1.54) is 0 Å². The fraction of sp³-hybridized carbons (Fsp3) is 0.300. The summed E-state index contributed by atoms with van der Waals surface area (Å²) in [5.74, 6) is 0. The maximum atomic E-state index is 13.1. The van der Waals surface area contributed by atoms with Crippen molar-refractivity contribution >= 4 is 24.2 Å². The second-order valence-electron chi connectivity index (χ2n) is 7.72. The van der Waals surface area contributed by atoms with Crippen LogP contribution in [0.3, 0.4) is 0 Å². The van der Waals surface area contributed by atoms with Crippen LogP contribution in [-0.4, -0.2) is 32.5 Å². The molecule has 132 valence electrons. The highest BCUT2D eigenvalue weighted by Gasteiger charge is 2.59. The molecule has 1 fully saturated rings. The van der Waals surface area contributed by atoms with Crippen molar-refractivity contribution in [3.8, 4) is 0 Å². The molecule has 0 aromatic heterocycles. The molecule has 1 heterocycles. The predicted octanol–water partition coefficient (Wildman–Crippen LogP) is 4.33. The lowest BCUT2D eigenvalue weighted by Gasteiger charge is -2.15. The van der Waals surface area contributed by atoms with Gasteiger partial charge >= 0.3 is 0 Å². The van der Waals surface area contributed by atoms with Crippen molar-refractivity contribution < 1.29 is 8.42 Å². The highest BCUT2D eigenvalue weighted by molar-refractivity contribution is 7.89. The van der Waals surface area contributed by atoms with Crippen molar-refractivity contribution in [3.63, 3.8) is 0 Å². The highest BCUT2D eigenvalue weighted by Crippen LogP contribution is 2.42. The van der Waals surface area contributed by atoms with E-state index in [1.54, 1.807) is 16.4 Å². The summed E-state index contributed by atoms with van der Waals surface area (Å²) in [5.41, 5.74) is 2.27. The maximum absolute atomic E-state index is 13.1. The van der Waals surface area contributed by atoms with E-state index < -0.39 is 18.1 Å². The van der Waals surface area contributed by atoms with Gasteiger partial charge in [-0.15, -0.1) is 0 Å². The first-order chi connectivity index (χ1) is 11.7. The van der Waals surface area contributed by atoms with Crippen LogP contribution < -0.4 is 0 Å². The van der Waals surface area contributed by atoms with Crippen molar-refractivity contribution in [2.24, 2.45) is 0 Å². The van der Waals surface area contributed by atoms with E-state index in [2.05, 4.69) is 19.6 Å². The Morgan fingerprint density at radius 3 is 2.12 bits per heavy atom. The fourth-order valence-corrected chi connectivity index (χ4v) is 8.45. The largest absolute Gasteiger partial charge is 0.243 e. The lowest BCUT2D eigenvalue weighted by Crippen LogP contribution is -2.33. The summed E-state index contributed by atoms with van der Waals surface area (Å²) in [6, 6.07) is 17.1. The van der Waals surface area contributed by atoms with E-state index in [0.29, 0.717) is 4.90 Å². The molecule has 0 spiro atoms. The number of sulfonamides is 1. The monoisotopic (exact) mass is 371 g/mol. The molecule has 0 bridgehead atoms. The summed E-state index contributed by atoms with van der Waals surface area (Å²) >= 11 is 0. The SMILES string of the molecule is Cc1ccc(S(=O)(=O)N2[C@H](/C=C/c3ccccc3)[C@@H]2[Si](C)(C)C)cc1. The van der Waals surface area contributed by atoms with Gasteiger partial charge in [0.1, 0.15) is 0 Å². The van der Waals surface area contributed by atoms with Crippen LogP contribution in [0.15, 0.2) is 65.6 Å². The van der Waals surface area contributed by atoms with Crippen LogP contribution in [0.4, 0.5) is 0 Å². The highest BCUT2D eigenvalue weighted by atomic mass is 32.2. The Kier molecular flexibility index (Phi) is 4.75. The van der Waals surface area contributed by atoms with Crippen molar-refractivity contribution in [1.82, 2.24) is 4.31 Å². The number of benzene rings is 2. The second kappa shape index (κ2) is 6.55. The Hall–Kier alpha value is -1.69. The molecule has 0 N–H and O–H groups in total. The first-order valence-electron chi connectivity index (χ1n) is 8.55. The van der Waals surface area contributed by atoms with E-state index in [-0.39, 0.29) is 11.7 Å². The van der Waals surface area contributed by atoms with E-state index in [0.717, 1.165) is 11.1 Å². The third-order valence-electron chi connectivity index (χ3n) is 4.57. The Balaban J connectivity index is 1.90. The Morgan fingerprint density at radius 1 is 0.960 bits per heavy atom. The summed E-state index contributed by atoms with van der Waals surface area (Å²) < 4.78 is 27.9. The standard InChI is InChI=1S/C20H25NO2SSi/c1-16-10-13-18(14-11-16)24(22,23)21-19(20(21)25(2,3)4)15-12-17-8-6-5-7-9-17/h5-15,19-20H,1-4H3/b15-12+/t19-,20+,21?/m1/s1. The van der Waals surface area contributed by atoms with Gasteiger partial charge in [0.25, 0.3) is 0 Å². The predicted molar refractivity (Wildman–Crippen MR) is 107 cm³/mol. The van der Waals surface area contributed by atoms with E-state index in [9.17, 15) is 8.42 Å². The van der Waals surface area contributed by atoms with Crippen LogP contribution in [0.2, 0.25) is 19.6 Å². The van der Waals surface area contributed by atoms with Gasteiger partial charge in [-0.05, 0) is 24.6 Å². The molecule has 0 radical (unpaired) electrons. The van der Waals surface area contributed by atoms with E-state index in [1.807, 2.05) is 61.5 Å². The Morgan fingerprint density at radius 2 is 1.56 bits per heavy atom. The average molecular weight is 372 g/mol. The van der Waals surface area contributed by atoms with Crippen molar-refractivity contribution in [2.75, 3.05) is 0 Å². The van der Waals surface area contributed by atoms with Gasteiger partial charge in [0, 0.05) is 5.67 Å². The molecule has 1 aliphatic rings. The number of hydrogen-bond donors (Lipinski definition) is 0. The number of aryl methyl sites for hydroxylation is 1. The van der Waals surface area contributed by atoms with Crippen LogP contribution in [0.1, 0.15) is 11.1 Å². The molecule has 3 rings (SSSR count). The lowest BCUT2D eigenvalue weighted by molar-refractivity contribution is 0.555. The molecule has 3 nitrogen and oxygen atoms in total. The third kappa shape index (κ3) is 3.78. The van der Waals surface area contributed by atoms with Crippen LogP contribution in [-0.2, 0) is 10.0 Å². The summed E-state index contributed by atoms with van der Waals surface area (Å²) in [6.07, 6.45) is 4.08. The minimum Gasteiger partial charge on any atom is -0.207 e. The van der Waals surface area contributed by atoms with E-state index in [4.69, 9.17) is 0 Å². The van der Waals surface area contributed by atoms with Crippen LogP contribution >= 0.6 is 0 Å². The van der Waals surface area contributed by atoms with Gasteiger partial charge in [-0.1, -0.05) is 79.8 Å². The van der Waals surface area contributed by atoms with Crippen LogP contribution in [0, 0.1) is 6.92 Å². The summed E-state index contributed by atoms with van der Waals surface area (Å²) in [7, 11) is -5.10. The molecular weight excluding hydrogens is 346 g/mol. The summed E-state index contributed by atoms with van der Waals surface area (Å²) in [5, 5.41) is 0.